The normalized spacial score (nSPS) is 10.4. The first-order chi connectivity index (χ1) is 11.6. The minimum atomic E-state index is 0.448. The molecule has 0 fully saturated rings. The van der Waals surface area contributed by atoms with E-state index in [2.05, 4.69) is 43.7 Å². The third-order valence-corrected chi connectivity index (χ3v) is 4.05. The molecular formula is C20H28N2O2. The van der Waals surface area contributed by atoms with Crippen molar-refractivity contribution in [3.05, 3.63) is 22.8 Å². The fourth-order valence-corrected chi connectivity index (χ4v) is 2.96. The number of aryl methyl sites for hydroxylation is 1. The smallest absolute Gasteiger partial charge is 0.211 e. The van der Waals surface area contributed by atoms with Gasteiger partial charge in [0, 0.05) is 5.56 Å². The lowest BCUT2D eigenvalue weighted by Crippen LogP contribution is -2.01. The van der Waals surface area contributed by atoms with Gasteiger partial charge in [-0.25, -0.2) is 9.59 Å². The maximum atomic E-state index is 11.0. The molecule has 0 aliphatic heterocycles. The summed E-state index contributed by atoms with van der Waals surface area (Å²) < 4.78 is 0. The summed E-state index contributed by atoms with van der Waals surface area (Å²) in [4.78, 5) is 29.9. The minimum absolute atomic E-state index is 0.448. The number of rotatable bonds is 10. The van der Waals surface area contributed by atoms with Gasteiger partial charge in [-0.2, -0.15) is 9.98 Å². The van der Waals surface area contributed by atoms with Crippen LogP contribution in [-0.2, 0) is 28.9 Å². The van der Waals surface area contributed by atoms with E-state index in [1.807, 2.05) is 0 Å². The lowest BCUT2D eigenvalue weighted by molar-refractivity contribution is 0.564. The number of benzene rings is 1. The molecule has 4 heteroatoms. The van der Waals surface area contributed by atoms with E-state index >= 15 is 0 Å². The summed E-state index contributed by atoms with van der Waals surface area (Å²) in [7, 11) is 0. The molecule has 130 valence electrons. The third-order valence-electron chi connectivity index (χ3n) is 4.05. The van der Waals surface area contributed by atoms with Gasteiger partial charge in [-0.3, -0.25) is 0 Å². The summed E-state index contributed by atoms with van der Waals surface area (Å²) >= 11 is 0. The highest BCUT2D eigenvalue weighted by molar-refractivity contribution is 5.72. The second-order valence-corrected chi connectivity index (χ2v) is 6.58. The van der Waals surface area contributed by atoms with Gasteiger partial charge in [-0.1, -0.05) is 46.6 Å². The Bertz CT molecular complexity index is 638. The Morgan fingerprint density at radius 1 is 0.917 bits per heavy atom. The predicted octanol–water partition coefficient (Wildman–Crippen LogP) is 5.50. The van der Waals surface area contributed by atoms with Gasteiger partial charge in [-0.15, -0.1) is 0 Å². The van der Waals surface area contributed by atoms with Crippen LogP contribution < -0.4 is 0 Å². The van der Waals surface area contributed by atoms with E-state index in [9.17, 15) is 9.59 Å². The second kappa shape index (κ2) is 10.7. The third kappa shape index (κ3) is 5.56. The van der Waals surface area contributed by atoms with Gasteiger partial charge in [0.15, 0.2) is 0 Å². The maximum absolute atomic E-state index is 11.0. The van der Waals surface area contributed by atoms with Crippen molar-refractivity contribution in [1.82, 2.24) is 0 Å². The minimum Gasteiger partial charge on any atom is -0.211 e. The Labute approximate surface area is 145 Å². The van der Waals surface area contributed by atoms with Gasteiger partial charge < -0.3 is 0 Å². The van der Waals surface area contributed by atoms with Crippen LogP contribution in [0.25, 0.3) is 0 Å². The van der Waals surface area contributed by atoms with Gasteiger partial charge >= 0.3 is 0 Å². The molecule has 24 heavy (non-hydrogen) atoms. The Kier molecular flexibility index (Phi) is 8.93. The standard InChI is InChI=1S/C20H28N2O2/c1-5-7-9-16-12-17(11-15(3)4)20(22-14-24)18(10-8-6-2)19(16)21-13-23/h12,15H,5-11H2,1-4H3. The first-order valence-electron chi connectivity index (χ1n) is 8.92. The molecule has 0 amide bonds. The summed E-state index contributed by atoms with van der Waals surface area (Å²) in [6, 6.07) is 2.07. The molecule has 0 bridgehead atoms. The van der Waals surface area contributed by atoms with Crippen LogP contribution in [0.2, 0.25) is 0 Å². The molecule has 0 aliphatic carbocycles. The number of aliphatic imine (C=N–C) groups is 2. The first-order valence-corrected chi connectivity index (χ1v) is 8.92. The molecule has 0 atom stereocenters. The number of hydrogen-bond acceptors (Lipinski definition) is 4. The number of unbranched alkanes of at least 4 members (excludes halogenated alkanes) is 2. The van der Waals surface area contributed by atoms with Gasteiger partial charge in [0.1, 0.15) is 0 Å². The Morgan fingerprint density at radius 2 is 1.46 bits per heavy atom. The number of isocyanates is 2. The molecule has 0 saturated carbocycles. The molecule has 1 rings (SSSR count). The van der Waals surface area contributed by atoms with Gasteiger partial charge in [-0.05, 0) is 49.1 Å². The van der Waals surface area contributed by atoms with Crippen molar-refractivity contribution in [3.8, 4) is 0 Å². The lowest BCUT2D eigenvalue weighted by Gasteiger charge is -2.18. The van der Waals surface area contributed by atoms with Crippen LogP contribution in [0.1, 0.15) is 70.1 Å². The zero-order chi connectivity index (χ0) is 17.9. The van der Waals surface area contributed by atoms with Crippen LogP contribution >= 0.6 is 0 Å². The quantitative estimate of drug-likeness (QED) is 0.420. The van der Waals surface area contributed by atoms with Crippen molar-refractivity contribution in [3.63, 3.8) is 0 Å². The average molecular weight is 328 g/mol. The van der Waals surface area contributed by atoms with Crippen molar-refractivity contribution in [1.29, 1.82) is 0 Å². The summed E-state index contributed by atoms with van der Waals surface area (Å²) in [6.45, 7) is 8.54. The summed E-state index contributed by atoms with van der Waals surface area (Å²) in [5.41, 5.74) is 4.32. The molecule has 0 radical (unpaired) electrons. The summed E-state index contributed by atoms with van der Waals surface area (Å²) in [5.74, 6) is 0.448. The lowest BCUT2D eigenvalue weighted by atomic mass is 9.90. The van der Waals surface area contributed by atoms with Crippen LogP contribution in [0.3, 0.4) is 0 Å². The molecule has 0 saturated heterocycles. The van der Waals surface area contributed by atoms with E-state index in [0.717, 1.165) is 61.6 Å². The highest BCUT2D eigenvalue weighted by Crippen LogP contribution is 2.39. The van der Waals surface area contributed by atoms with Crippen LogP contribution in [0.15, 0.2) is 16.1 Å². The van der Waals surface area contributed by atoms with Crippen LogP contribution in [-0.4, -0.2) is 12.2 Å². The number of carbonyl (C=O) groups excluding carboxylic acids is 2. The van der Waals surface area contributed by atoms with Crippen molar-refractivity contribution < 1.29 is 9.59 Å². The molecule has 1 aromatic carbocycles. The zero-order valence-electron chi connectivity index (χ0n) is 15.3. The van der Waals surface area contributed by atoms with E-state index in [-0.39, 0.29) is 0 Å². The SMILES string of the molecule is CCCCc1cc(CC(C)C)c(N=C=O)c(CCCC)c1N=C=O. The largest absolute Gasteiger partial charge is 0.240 e. The van der Waals surface area contributed by atoms with Gasteiger partial charge in [0.2, 0.25) is 12.2 Å². The second-order valence-electron chi connectivity index (χ2n) is 6.58. The zero-order valence-corrected chi connectivity index (χ0v) is 15.3. The van der Waals surface area contributed by atoms with E-state index in [1.54, 1.807) is 12.2 Å². The molecule has 0 unspecified atom stereocenters. The van der Waals surface area contributed by atoms with E-state index in [1.165, 1.54) is 0 Å². The first kappa shape index (κ1) is 20.0. The molecule has 0 spiro atoms. The van der Waals surface area contributed by atoms with Crippen molar-refractivity contribution >= 4 is 23.5 Å². The fourth-order valence-electron chi connectivity index (χ4n) is 2.96. The molecule has 0 heterocycles. The van der Waals surface area contributed by atoms with Crippen molar-refractivity contribution in [2.75, 3.05) is 0 Å². The number of nitrogens with zero attached hydrogens (tertiary/aromatic N) is 2. The Morgan fingerprint density at radius 3 is 1.96 bits per heavy atom. The Hall–Kier alpha value is -2.02. The Balaban J connectivity index is 3.63. The molecule has 0 aromatic heterocycles. The van der Waals surface area contributed by atoms with Crippen LogP contribution in [0, 0.1) is 5.92 Å². The van der Waals surface area contributed by atoms with E-state index < -0.39 is 0 Å². The van der Waals surface area contributed by atoms with Crippen molar-refractivity contribution in [2.45, 2.75) is 72.6 Å². The summed E-state index contributed by atoms with van der Waals surface area (Å²) in [6.07, 6.45) is 9.91. The monoisotopic (exact) mass is 328 g/mol. The topological polar surface area (TPSA) is 58.9 Å². The van der Waals surface area contributed by atoms with Crippen molar-refractivity contribution in [2.24, 2.45) is 15.9 Å². The number of hydrogen-bond donors (Lipinski definition) is 0. The van der Waals surface area contributed by atoms with Gasteiger partial charge in [0.25, 0.3) is 0 Å². The molecule has 0 aliphatic rings. The molecule has 0 N–H and O–H groups in total. The molecule has 1 aromatic rings. The van der Waals surface area contributed by atoms with E-state index in [4.69, 9.17) is 0 Å². The predicted molar refractivity (Wildman–Crippen MR) is 97.8 cm³/mol. The van der Waals surface area contributed by atoms with Gasteiger partial charge in [0.05, 0.1) is 11.4 Å². The van der Waals surface area contributed by atoms with E-state index in [0.29, 0.717) is 17.3 Å². The van der Waals surface area contributed by atoms with Crippen LogP contribution in [0.5, 0.6) is 0 Å². The maximum Gasteiger partial charge on any atom is 0.240 e. The fraction of sp³-hybridized carbons (Fsp3) is 0.600. The summed E-state index contributed by atoms with van der Waals surface area (Å²) in [5, 5.41) is 0. The molecule has 4 nitrogen and oxygen atoms in total. The average Bonchev–Trinajstić information content (AvgIpc) is 2.55. The highest BCUT2D eigenvalue weighted by Gasteiger charge is 2.18. The van der Waals surface area contributed by atoms with Crippen LogP contribution in [0.4, 0.5) is 11.4 Å². The molecular weight excluding hydrogens is 300 g/mol. The highest BCUT2D eigenvalue weighted by atomic mass is 16.1.